The summed E-state index contributed by atoms with van der Waals surface area (Å²) >= 11 is 0. The molecule has 0 aliphatic carbocycles. The summed E-state index contributed by atoms with van der Waals surface area (Å²) in [6.45, 7) is 25.5. The molecule has 0 bridgehead atoms. The first kappa shape index (κ1) is 33.8. The summed E-state index contributed by atoms with van der Waals surface area (Å²) < 4.78 is 0. The Kier molecular flexibility index (Phi) is 9.47. The maximum Gasteiger partial charge on any atom is 0.128 e. The van der Waals surface area contributed by atoms with Crippen molar-refractivity contribution in [2.24, 2.45) is 10.5 Å². The zero-order chi connectivity index (χ0) is 32.7. The van der Waals surface area contributed by atoms with Gasteiger partial charge in [-0.3, -0.25) is 14.7 Å². The maximum absolute atomic E-state index is 7.44. The standard InChI is InChI=1S/C39H58N4O2/c1-11-24-39(10)33(30-20-14-12-15-21-30)40-41(31-22-16-13-17-23-31)34(39)32(45-43-37(6,7)27-19-28-38(43,8)9)29-44-42-35(2,3)25-18-26-36(42,4)5/h11-17,20-23,32,34H,1,18-19,24-29H2,2-10H3/t32-,34-,39+/m0/s1. The Balaban J connectivity index is 1.64. The van der Waals surface area contributed by atoms with Gasteiger partial charge in [0.15, 0.2) is 0 Å². The van der Waals surface area contributed by atoms with Crippen LogP contribution in [0.3, 0.4) is 0 Å². The molecule has 2 saturated heterocycles. The van der Waals surface area contributed by atoms with Crippen molar-refractivity contribution >= 4 is 11.4 Å². The predicted molar refractivity (Wildman–Crippen MR) is 187 cm³/mol. The van der Waals surface area contributed by atoms with Crippen LogP contribution in [0.5, 0.6) is 0 Å². The molecule has 0 saturated carbocycles. The van der Waals surface area contributed by atoms with Gasteiger partial charge in [-0.15, -0.1) is 6.58 Å². The largest absolute Gasteiger partial charge is 0.295 e. The minimum absolute atomic E-state index is 0.0825. The van der Waals surface area contributed by atoms with Crippen molar-refractivity contribution < 1.29 is 9.68 Å². The Labute approximate surface area is 273 Å². The third-order valence-corrected chi connectivity index (χ3v) is 10.6. The molecular formula is C39H58N4O2. The second kappa shape index (κ2) is 12.6. The molecule has 45 heavy (non-hydrogen) atoms. The summed E-state index contributed by atoms with van der Waals surface area (Å²) in [5, 5.41) is 12.3. The summed E-state index contributed by atoms with van der Waals surface area (Å²) in [6, 6.07) is 21.0. The molecule has 3 aliphatic heterocycles. The number of hydrazone groups is 1. The van der Waals surface area contributed by atoms with E-state index in [1.807, 2.05) is 6.08 Å². The smallest absolute Gasteiger partial charge is 0.128 e. The van der Waals surface area contributed by atoms with Crippen LogP contribution in [0.25, 0.3) is 0 Å². The second-order valence-electron chi connectivity index (χ2n) is 16.3. The lowest BCUT2D eigenvalue weighted by Gasteiger charge is -2.55. The fourth-order valence-corrected chi connectivity index (χ4v) is 8.61. The molecule has 0 unspecified atom stereocenters. The number of allylic oxidation sites excluding steroid dienone is 1. The summed E-state index contributed by atoms with van der Waals surface area (Å²) in [7, 11) is 0. The Morgan fingerprint density at radius 2 is 1.24 bits per heavy atom. The molecule has 3 aliphatic rings. The van der Waals surface area contributed by atoms with Crippen LogP contribution in [-0.4, -0.2) is 56.7 Å². The number of nitrogens with zero attached hydrogens (tertiary/aromatic N) is 4. The lowest BCUT2D eigenvalue weighted by atomic mass is 9.71. The van der Waals surface area contributed by atoms with Gasteiger partial charge < -0.3 is 0 Å². The zero-order valence-electron chi connectivity index (χ0n) is 29.5. The topological polar surface area (TPSA) is 40.5 Å². The van der Waals surface area contributed by atoms with E-state index in [4.69, 9.17) is 14.8 Å². The zero-order valence-corrected chi connectivity index (χ0v) is 29.5. The molecule has 2 aromatic rings. The molecule has 2 aromatic carbocycles. The van der Waals surface area contributed by atoms with Gasteiger partial charge in [0.25, 0.3) is 0 Å². The highest BCUT2D eigenvalue weighted by Crippen LogP contribution is 2.47. The van der Waals surface area contributed by atoms with Gasteiger partial charge in [0, 0.05) is 27.6 Å². The molecule has 2 fully saturated rings. The van der Waals surface area contributed by atoms with Crippen molar-refractivity contribution in [2.75, 3.05) is 11.6 Å². The van der Waals surface area contributed by atoms with Crippen LogP contribution in [0.1, 0.15) is 113 Å². The molecule has 0 spiro atoms. The second-order valence-corrected chi connectivity index (χ2v) is 16.3. The number of piperidine rings is 2. The van der Waals surface area contributed by atoms with Crippen molar-refractivity contribution in [3.8, 4) is 0 Å². The molecule has 0 N–H and O–H groups in total. The summed E-state index contributed by atoms with van der Waals surface area (Å²) in [6.07, 6.45) is 9.22. The Hall–Kier alpha value is -2.51. The van der Waals surface area contributed by atoms with Crippen LogP contribution < -0.4 is 5.01 Å². The van der Waals surface area contributed by atoms with E-state index in [1.54, 1.807) is 0 Å². The summed E-state index contributed by atoms with van der Waals surface area (Å²) in [5.41, 5.74) is 2.41. The van der Waals surface area contributed by atoms with Crippen molar-refractivity contribution in [3.63, 3.8) is 0 Å². The summed E-state index contributed by atoms with van der Waals surface area (Å²) in [5.74, 6) is 0. The van der Waals surface area contributed by atoms with Crippen LogP contribution in [0.15, 0.2) is 78.4 Å². The van der Waals surface area contributed by atoms with Crippen molar-refractivity contribution in [1.29, 1.82) is 0 Å². The molecule has 0 radical (unpaired) electrons. The molecule has 6 nitrogen and oxygen atoms in total. The van der Waals surface area contributed by atoms with Crippen molar-refractivity contribution in [3.05, 3.63) is 78.9 Å². The first-order valence-corrected chi connectivity index (χ1v) is 17.1. The molecule has 0 amide bonds. The highest BCUT2D eigenvalue weighted by atomic mass is 16.7. The average molecular weight is 615 g/mol. The molecule has 5 rings (SSSR count). The number of hydrogen-bond donors (Lipinski definition) is 0. The van der Waals surface area contributed by atoms with Crippen molar-refractivity contribution in [2.45, 2.75) is 142 Å². The average Bonchev–Trinajstić information content (AvgIpc) is 3.26. The van der Waals surface area contributed by atoms with Crippen LogP contribution in [-0.2, 0) is 9.68 Å². The Bertz CT molecular complexity index is 1300. The number of anilines is 1. The van der Waals surface area contributed by atoms with Gasteiger partial charge in [0.2, 0.25) is 0 Å². The Morgan fingerprint density at radius 1 is 0.756 bits per heavy atom. The van der Waals surface area contributed by atoms with Gasteiger partial charge in [-0.2, -0.15) is 15.2 Å². The van der Waals surface area contributed by atoms with E-state index in [1.165, 1.54) is 12.8 Å². The number of benzene rings is 2. The SMILES string of the molecule is C=CC[C@]1(C)C(c2ccccc2)=NN(c2ccccc2)[C@H]1[C@H](CON1C(C)(C)CCCC1(C)C)ON1C(C)(C)CCCC1(C)C. The Morgan fingerprint density at radius 3 is 1.76 bits per heavy atom. The third-order valence-electron chi connectivity index (χ3n) is 10.6. The fourth-order valence-electron chi connectivity index (χ4n) is 8.61. The van der Waals surface area contributed by atoms with Crippen molar-refractivity contribution in [1.82, 2.24) is 10.1 Å². The van der Waals surface area contributed by atoms with Gasteiger partial charge in [-0.05, 0) is 118 Å². The number of para-hydroxylation sites is 1. The maximum atomic E-state index is 7.44. The first-order valence-electron chi connectivity index (χ1n) is 17.1. The molecule has 3 heterocycles. The highest BCUT2D eigenvalue weighted by Gasteiger charge is 2.55. The lowest BCUT2D eigenvalue weighted by molar-refractivity contribution is -0.343. The monoisotopic (exact) mass is 614 g/mol. The normalized spacial score (nSPS) is 28.4. The summed E-state index contributed by atoms with van der Waals surface area (Å²) in [4.78, 5) is 14.5. The van der Waals surface area contributed by atoms with Crippen LogP contribution in [0.2, 0.25) is 0 Å². The van der Waals surface area contributed by atoms with Crippen LogP contribution in [0.4, 0.5) is 5.69 Å². The minimum atomic E-state index is -0.399. The lowest BCUT2D eigenvalue weighted by Crippen LogP contribution is -2.64. The quantitative estimate of drug-likeness (QED) is 0.250. The van der Waals surface area contributed by atoms with E-state index < -0.39 is 5.41 Å². The van der Waals surface area contributed by atoms with E-state index in [-0.39, 0.29) is 34.3 Å². The van der Waals surface area contributed by atoms with E-state index in [2.05, 4.69) is 145 Å². The number of rotatable bonds is 10. The highest BCUT2D eigenvalue weighted by molar-refractivity contribution is 6.07. The van der Waals surface area contributed by atoms with Gasteiger partial charge >= 0.3 is 0 Å². The molecule has 6 heteroatoms. The van der Waals surface area contributed by atoms with Crippen LogP contribution >= 0.6 is 0 Å². The van der Waals surface area contributed by atoms with Gasteiger partial charge in [-0.1, -0.05) is 61.5 Å². The van der Waals surface area contributed by atoms with Gasteiger partial charge in [0.05, 0.1) is 24.0 Å². The van der Waals surface area contributed by atoms with Crippen LogP contribution in [0, 0.1) is 5.41 Å². The fraction of sp³-hybridized carbons (Fsp3) is 0.615. The van der Waals surface area contributed by atoms with Gasteiger partial charge in [0.1, 0.15) is 6.10 Å². The van der Waals surface area contributed by atoms with Gasteiger partial charge in [-0.25, -0.2) is 0 Å². The van der Waals surface area contributed by atoms with E-state index in [9.17, 15) is 0 Å². The molecular weight excluding hydrogens is 556 g/mol. The minimum Gasteiger partial charge on any atom is -0.295 e. The van der Waals surface area contributed by atoms with E-state index in [0.717, 1.165) is 49.1 Å². The predicted octanol–water partition coefficient (Wildman–Crippen LogP) is 9.18. The molecule has 3 atom stereocenters. The number of hydroxylamine groups is 4. The first-order chi connectivity index (χ1) is 21.1. The van der Waals surface area contributed by atoms with E-state index >= 15 is 0 Å². The molecule has 246 valence electrons. The van der Waals surface area contributed by atoms with E-state index in [0.29, 0.717) is 6.61 Å². The third kappa shape index (κ3) is 6.67. The molecule has 0 aromatic heterocycles. The number of hydrogen-bond acceptors (Lipinski definition) is 6.